The number of rotatable bonds is 7. The van der Waals surface area contributed by atoms with Crippen molar-refractivity contribution in [3.05, 3.63) is 65.7 Å². The topological polar surface area (TPSA) is 123 Å². The van der Waals surface area contributed by atoms with E-state index < -0.39 is 36.8 Å². The van der Waals surface area contributed by atoms with Gasteiger partial charge in [-0.1, -0.05) is 24.3 Å². The second kappa shape index (κ2) is 10.3. The molecule has 3 N–H and O–H groups in total. The van der Waals surface area contributed by atoms with Crippen molar-refractivity contribution >= 4 is 23.7 Å². The van der Waals surface area contributed by atoms with Crippen LogP contribution in [0.25, 0.3) is 0 Å². The molecule has 0 unspecified atom stereocenters. The van der Waals surface area contributed by atoms with Crippen LogP contribution in [0, 0.1) is 0 Å². The van der Waals surface area contributed by atoms with Gasteiger partial charge < -0.3 is 14.8 Å². The molecule has 0 heterocycles. The van der Waals surface area contributed by atoms with Crippen LogP contribution in [0.5, 0.6) is 5.75 Å². The van der Waals surface area contributed by atoms with E-state index in [1.54, 1.807) is 48.5 Å². The Labute approximate surface area is 161 Å². The van der Waals surface area contributed by atoms with E-state index in [1.165, 1.54) is 13.2 Å². The quantitative estimate of drug-likeness (QED) is 0.469. The molecule has 0 saturated heterocycles. The van der Waals surface area contributed by atoms with Crippen LogP contribution in [0.15, 0.2) is 54.6 Å². The van der Waals surface area contributed by atoms with Gasteiger partial charge in [0, 0.05) is 11.1 Å². The van der Waals surface area contributed by atoms with Crippen LogP contribution in [-0.4, -0.2) is 44.0 Å². The Balaban J connectivity index is 1.68. The van der Waals surface area contributed by atoms with Crippen LogP contribution in [0.1, 0.15) is 20.7 Å². The van der Waals surface area contributed by atoms with Crippen molar-refractivity contribution in [2.75, 3.05) is 20.3 Å². The van der Waals surface area contributed by atoms with E-state index in [-0.39, 0.29) is 0 Å². The zero-order valence-corrected chi connectivity index (χ0v) is 15.1. The van der Waals surface area contributed by atoms with E-state index in [0.29, 0.717) is 16.9 Å². The highest BCUT2D eigenvalue weighted by Crippen LogP contribution is 2.12. The number of amides is 3. The standard InChI is InChI=1S/C19H19N3O6/c1-27-15-9-5-8-14(10-15)18(25)20-11-17(24)28-12-16(23)21-22-19(26)13-6-3-2-4-7-13/h2-10H,11-12H2,1H3,(H,20,25)(H,21,23)(H,22,26). The molecule has 0 radical (unpaired) electrons. The summed E-state index contributed by atoms with van der Waals surface area (Å²) in [6, 6.07) is 14.7. The van der Waals surface area contributed by atoms with Gasteiger partial charge in [0.2, 0.25) is 0 Å². The van der Waals surface area contributed by atoms with Crippen LogP contribution < -0.4 is 20.9 Å². The maximum Gasteiger partial charge on any atom is 0.325 e. The van der Waals surface area contributed by atoms with Gasteiger partial charge in [-0.05, 0) is 30.3 Å². The van der Waals surface area contributed by atoms with Crippen LogP contribution in [0.2, 0.25) is 0 Å². The normalized spacial score (nSPS) is 9.75. The van der Waals surface area contributed by atoms with E-state index in [2.05, 4.69) is 16.2 Å². The van der Waals surface area contributed by atoms with Crippen molar-refractivity contribution in [3.8, 4) is 5.75 Å². The third-order valence-corrected chi connectivity index (χ3v) is 3.44. The molecule has 0 spiro atoms. The lowest BCUT2D eigenvalue weighted by molar-refractivity contribution is -0.147. The number of esters is 1. The fourth-order valence-electron chi connectivity index (χ4n) is 2.04. The molecule has 0 atom stereocenters. The minimum atomic E-state index is -0.805. The Bertz CT molecular complexity index is 854. The molecular weight excluding hydrogens is 366 g/mol. The number of hydrazine groups is 1. The Morgan fingerprint density at radius 2 is 1.57 bits per heavy atom. The Hall–Kier alpha value is -3.88. The molecule has 0 aliphatic carbocycles. The van der Waals surface area contributed by atoms with Gasteiger partial charge in [0.1, 0.15) is 12.3 Å². The molecule has 0 fully saturated rings. The largest absolute Gasteiger partial charge is 0.497 e. The lowest BCUT2D eigenvalue weighted by atomic mass is 10.2. The number of nitrogens with one attached hydrogen (secondary N) is 3. The number of benzene rings is 2. The fraction of sp³-hybridized carbons (Fsp3) is 0.158. The fourth-order valence-corrected chi connectivity index (χ4v) is 2.04. The number of hydrogen-bond donors (Lipinski definition) is 3. The first-order valence-electron chi connectivity index (χ1n) is 8.21. The van der Waals surface area contributed by atoms with Gasteiger partial charge in [-0.15, -0.1) is 0 Å². The first-order chi connectivity index (χ1) is 13.5. The molecule has 9 nitrogen and oxygen atoms in total. The van der Waals surface area contributed by atoms with E-state index in [9.17, 15) is 19.2 Å². The maximum absolute atomic E-state index is 12.0. The molecule has 0 saturated carbocycles. The van der Waals surface area contributed by atoms with Crippen LogP contribution in [0.3, 0.4) is 0 Å². The summed E-state index contributed by atoms with van der Waals surface area (Å²) in [5.41, 5.74) is 4.99. The summed E-state index contributed by atoms with van der Waals surface area (Å²) < 4.78 is 9.75. The number of ether oxygens (including phenoxy) is 2. The first kappa shape index (κ1) is 20.4. The van der Waals surface area contributed by atoms with Crippen molar-refractivity contribution < 1.29 is 28.7 Å². The first-order valence-corrected chi connectivity index (χ1v) is 8.21. The van der Waals surface area contributed by atoms with Gasteiger partial charge in [0.25, 0.3) is 17.7 Å². The molecule has 9 heteroatoms. The van der Waals surface area contributed by atoms with Crippen LogP contribution >= 0.6 is 0 Å². The van der Waals surface area contributed by atoms with Gasteiger partial charge in [0.05, 0.1) is 7.11 Å². The smallest absolute Gasteiger partial charge is 0.325 e. The highest BCUT2D eigenvalue weighted by atomic mass is 16.5. The van der Waals surface area contributed by atoms with Gasteiger partial charge in [-0.3, -0.25) is 30.0 Å². The lowest BCUT2D eigenvalue weighted by Crippen LogP contribution is -2.44. The minimum Gasteiger partial charge on any atom is -0.497 e. The Morgan fingerprint density at radius 3 is 2.29 bits per heavy atom. The van der Waals surface area contributed by atoms with Crippen LogP contribution in [0.4, 0.5) is 0 Å². The summed E-state index contributed by atoms with van der Waals surface area (Å²) in [7, 11) is 1.47. The lowest BCUT2D eigenvalue weighted by Gasteiger charge is -2.09. The summed E-state index contributed by atoms with van der Waals surface area (Å²) in [6.45, 7) is -1.03. The molecule has 0 aromatic heterocycles. The summed E-state index contributed by atoms with van der Waals surface area (Å²) in [5, 5.41) is 2.38. The third kappa shape index (κ3) is 6.45. The average molecular weight is 385 g/mol. The van der Waals surface area contributed by atoms with Gasteiger partial charge in [-0.25, -0.2) is 0 Å². The number of methoxy groups -OCH3 is 1. The Kier molecular flexibility index (Phi) is 7.53. The zero-order chi connectivity index (χ0) is 20.4. The van der Waals surface area contributed by atoms with Crippen molar-refractivity contribution in [1.29, 1.82) is 0 Å². The molecule has 2 aromatic rings. The average Bonchev–Trinajstić information content (AvgIpc) is 2.74. The molecule has 28 heavy (non-hydrogen) atoms. The molecule has 2 aromatic carbocycles. The molecule has 0 aliphatic heterocycles. The molecule has 146 valence electrons. The second-order valence-electron chi connectivity index (χ2n) is 5.44. The maximum atomic E-state index is 12.0. The monoisotopic (exact) mass is 385 g/mol. The zero-order valence-electron chi connectivity index (χ0n) is 15.1. The molecule has 0 bridgehead atoms. The Morgan fingerprint density at radius 1 is 0.857 bits per heavy atom. The van der Waals surface area contributed by atoms with Crippen molar-refractivity contribution in [3.63, 3.8) is 0 Å². The van der Waals surface area contributed by atoms with E-state index in [1.807, 2.05) is 0 Å². The highest BCUT2D eigenvalue weighted by Gasteiger charge is 2.12. The van der Waals surface area contributed by atoms with Gasteiger partial charge in [-0.2, -0.15) is 0 Å². The van der Waals surface area contributed by atoms with E-state index in [4.69, 9.17) is 9.47 Å². The van der Waals surface area contributed by atoms with E-state index >= 15 is 0 Å². The van der Waals surface area contributed by atoms with Crippen molar-refractivity contribution in [2.45, 2.75) is 0 Å². The highest BCUT2D eigenvalue weighted by molar-refractivity contribution is 5.97. The third-order valence-electron chi connectivity index (χ3n) is 3.44. The molecular formula is C19H19N3O6. The van der Waals surface area contributed by atoms with Gasteiger partial charge in [0.15, 0.2) is 6.61 Å². The SMILES string of the molecule is COc1cccc(C(=O)NCC(=O)OCC(=O)NNC(=O)c2ccccc2)c1. The summed E-state index contributed by atoms with van der Waals surface area (Å²) in [4.78, 5) is 47.0. The minimum absolute atomic E-state index is 0.313. The summed E-state index contributed by atoms with van der Waals surface area (Å²) >= 11 is 0. The second-order valence-corrected chi connectivity index (χ2v) is 5.44. The van der Waals surface area contributed by atoms with E-state index in [0.717, 1.165) is 0 Å². The molecule has 0 aliphatic rings. The van der Waals surface area contributed by atoms with Crippen LogP contribution in [-0.2, 0) is 14.3 Å². The van der Waals surface area contributed by atoms with Crippen molar-refractivity contribution in [1.82, 2.24) is 16.2 Å². The molecule has 3 amide bonds. The number of carbonyl (C=O) groups excluding carboxylic acids is 4. The predicted octanol–water partition coefficient (Wildman–Crippen LogP) is 0.429. The molecule has 2 rings (SSSR count). The van der Waals surface area contributed by atoms with Gasteiger partial charge >= 0.3 is 5.97 Å². The van der Waals surface area contributed by atoms with Crippen molar-refractivity contribution in [2.24, 2.45) is 0 Å². The number of hydrogen-bond acceptors (Lipinski definition) is 6. The number of carbonyl (C=O) groups is 4. The predicted molar refractivity (Wildman–Crippen MR) is 98.3 cm³/mol. The summed E-state index contributed by atoms with van der Waals surface area (Å²) in [5.74, 6) is -2.02. The summed E-state index contributed by atoms with van der Waals surface area (Å²) in [6.07, 6.45) is 0.